The van der Waals surface area contributed by atoms with E-state index in [1.54, 1.807) is 12.1 Å². The zero-order valence-electron chi connectivity index (χ0n) is 7.33. The fourth-order valence-corrected chi connectivity index (χ4v) is 1.48. The predicted molar refractivity (Wildman–Crippen MR) is 49.1 cm³/mol. The molecule has 66 valence electrons. The molecular weight excluding hydrogens is 162 g/mol. The molecule has 1 N–H and O–H groups in total. The molecule has 1 aliphatic carbocycles. The van der Waals surface area contributed by atoms with Crippen molar-refractivity contribution >= 4 is 0 Å². The summed E-state index contributed by atoms with van der Waals surface area (Å²) in [6.07, 6.45) is 2.86. The molecular formula is C11H11NO. The number of hydrogen-bond donors (Lipinski definition) is 1. The maximum atomic E-state index is 9.06. The van der Waals surface area contributed by atoms with Crippen molar-refractivity contribution in [2.45, 2.75) is 19.3 Å². The van der Waals surface area contributed by atoms with Gasteiger partial charge in [0, 0.05) is 0 Å². The van der Waals surface area contributed by atoms with Gasteiger partial charge in [-0.1, -0.05) is 12.1 Å². The number of aromatic hydroxyl groups is 1. The summed E-state index contributed by atoms with van der Waals surface area (Å²) < 4.78 is 0. The third kappa shape index (κ3) is 1.65. The first kappa shape index (κ1) is 8.12. The molecule has 1 fully saturated rings. The van der Waals surface area contributed by atoms with E-state index in [0.717, 1.165) is 24.8 Å². The van der Waals surface area contributed by atoms with Crippen LogP contribution in [0.15, 0.2) is 24.3 Å². The van der Waals surface area contributed by atoms with Crippen molar-refractivity contribution in [2.75, 3.05) is 0 Å². The Morgan fingerprint density at radius 3 is 2.38 bits per heavy atom. The molecule has 0 aliphatic heterocycles. The smallest absolute Gasteiger partial charge is 0.115 e. The lowest BCUT2D eigenvalue weighted by atomic mass is 9.98. The number of nitriles is 1. The Bertz CT molecular complexity index is 343. The minimum absolute atomic E-state index is 0.0863. The van der Waals surface area contributed by atoms with Gasteiger partial charge in [-0.2, -0.15) is 5.26 Å². The number of phenols is 1. The van der Waals surface area contributed by atoms with E-state index in [2.05, 4.69) is 6.07 Å². The van der Waals surface area contributed by atoms with Crippen molar-refractivity contribution in [3.8, 4) is 11.8 Å². The molecule has 1 aromatic rings. The van der Waals surface area contributed by atoms with E-state index < -0.39 is 0 Å². The van der Waals surface area contributed by atoms with Crippen molar-refractivity contribution < 1.29 is 5.11 Å². The van der Waals surface area contributed by atoms with E-state index in [1.165, 1.54) is 0 Å². The van der Waals surface area contributed by atoms with Crippen LogP contribution in [0.4, 0.5) is 0 Å². The molecule has 0 saturated heterocycles. The highest BCUT2D eigenvalue weighted by atomic mass is 16.3. The van der Waals surface area contributed by atoms with Crippen LogP contribution in [0.3, 0.4) is 0 Å². The van der Waals surface area contributed by atoms with Crippen molar-refractivity contribution in [3.05, 3.63) is 29.8 Å². The molecule has 0 spiro atoms. The molecule has 13 heavy (non-hydrogen) atoms. The van der Waals surface area contributed by atoms with Crippen LogP contribution in [0, 0.1) is 16.7 Å². The molecule has 0 radical (unpaired) electrons. The lowest BCUT2D eigenvalue weighted by Gasteiger charge is -2.04. The second-order valence-corrected chi connectivity index (χ2v) is 3.74. The van der Waals surface area contributed by atoms with Crippen molar-refractivity contribution in [3.63, 3.8) is 0 Å². The van der Waals surface area contributed by atoms with Crippen LogP contribution in [0.1, 0.15) is 18.4 Å². The van der Waals surface area contributed by atoms with Gasteiger partial charge < -0.3 is 5.11 Å². The molecule has 0 unspecified atom stereocenters. The average Bonchev–Trinajstić information content (AvgIpc) is 2.90. The molecule has 2 heteroatoms. The third-order valence-corrected chi connectivity index (χ3v) is 2.57. The number of rotatable bonds is 2. The number of nitrogens with zero attached hydrogens (tertiary/aromatic N) is 1. The second kappa shape index (κ2) is 2.77. The third-order valence-electron chi connectivity index (χ3n) is 2.57. The van der Waals surface area contributed by atoms with Gasteiger partial charge in [0.05, 0.1) is 11.5 Å². The van der Waals surface area contributed by atoms with Crippen LogP contribution in [0.5, 0.6) is 5.75 Å². The maximum Gasteiger partial charge on any atom is 0.115 e. The first-order valence-electron chi connectivity index (χ1n) is 4.43. The summed E-state index contributed by atoms with van der Waals surface area (Å²) in [5.41, 5.74) is 1.05. The van der Waals surface area contributed by atoms with Crippen LogP contribution in [-0.4, -0.2) is 5.11 Å². The largest absolute Gasteiger partial charge is 0.508 e. The first-order valence-corrected chi connectivity index (χ1v) is 4.43. The molecule has 0 bridgehead atoms. The van der Waals surface area contributed by atoms with E-state index in [-0.39, 0.29) is 11.2 Å². The van der Waals surface area contributed by atoms with Gasteiger partial charge in [-0.05, 0) is 37.0 Å². The van der Waals surface area contributed by atoms with E-state index in [4.69, 9.17) is 10.4 Å². The van der Waals surface area contributed by atoms with Crippen LogP contribution in [0.2, 0.25) is 0 Å². The molecule has 2 nitrogen and oxygen atoms in total. The Kier molecular flexibility index (Phi) is 1.73. The minimum atomic E-state index is -0.0863. The summed E-state index contributed by atoms with van der Waals surface area (Å²) in [5, 5.41) is 17.9. The standard InChI is InChI=1S/C11H11NO/c12-8-11(5-6-11)7-9-1-3-10(13)4-2-9/h1-4,13H,5-7H2. The van der Waals surface area contributed by atoms with Gasteiger partial charge in [0.2, 0.25) is 0 Å². The first-order chi connectivity index (χ1) is 6.24. The molecule has 1 aliphatic rings. The molecule has 1 aromatic carbocycles. The van der Waals surface area contributed by atoms with Gasteiger partial charge in [-0.15, -0.1) is 0 Å². The van der Waals surface area contributed by atoms with E-state index in [9.17, 15) is 0 Å². The van der Waals surface area contributed by atoms with Gasteiger partial charge in [0.25, 0.3) is 0 Å². The average molecular weight is 173 g/mol. The molecule has 0 atom stereocenters. The number of hydrogen-bond acceptors (Lipinski definition) is 2. The molecule has 2 rings (SSSR count). The second-order valence-electron chi connectivity index (χ2n) is 3.74. The fraction of sp³-hybridized carbons (Fsp3) is 0.364. The van der Waals surface area contributed by atoms with Crippen molar-refractivity contribution in [1.29, 1.82) is 5.26 Å². The molecule has 1 saturated carbocycles. The summed E-state index contributed by atoms with van der Waals surface area (Å²) in [4.78, 5) is 0. The molecule has 0 amide bonds. The van der Waals surface area contributed by atoms with Crippen molar-refractivity contribution in [2.24, 2.45) is 5.41 Å². The highest BCUT2D eigenvalue weighted by Gasteiger charge is 2.42. The highest BCUT2D eigenvalue weighted by Crippen LogP contribution is 2.47. The van der Waals surface area contributed by atoms with Crippen LogP contribution < -0.4 is 0 Å². The minimum Gasteiger partial charge on any atom is -0.508 e. The molecule has 0 aromatic heterocycles. The number of phenolic OH excluding ortho intramolecular Hbond substituents is 1. The van der Waals surface area contributed by atoms with E-state index in [0.29, 0.717) is 0 Å². The Hall–Kier alpha value is -1.49. The van der Waals surface area contributed by atoms with Gasteiger partial charge in [0.1, 0.15) is 5.75 Å². The molecule has 0 heterocycles. The fourth-order valence-electron chi connectivity index (χ4n) is 1.48. The zero-order chi connectivity index (χ0) is 9.31. The quantitative estimate of drug-likeness (QED) is 0.745. The monoisotopic (exact) mass is 173 g/mol. The Morgan fingerprint density at radius 1 is 1.31 bits per heavy atom. The summed E-state index contributed by atoms with van der Waals surface area (Å²) in [6.45, 7) is 0. The van der Waals surface area contributed by atoms with Gasteiger partial charge in [-0.3, -0.25) is 0 Å². The number of benzene rings is 1. The van der Waals surface area contributed by atoms with Crippen molar-refractivity contribution in [1.82, 2.24) is 0 Å². The van der Waals surface area contributed by atoms with E-state index in [1.807, 2.05) is 12.1 Å². The van der Waals surface area contributed by atoms with Gasteiger partial charge >= 0.3 is 0 Å². The summed E-state index contributed by atoms with van der Waals surface area (Å²) in [6, 6.07) is 9.46. The SMILES string of the molecule is N#CC1(Cc2ccc(O)cc2)CC1. The maximum absolute atomic E-state index is 9.06. The van der Waals surface area contributed by atoms with Crippen LogP contribution >= 0.6 is 0 Å². The highest BCUT2D eigenvalue weighted by molar-refractivity contribution is 5.29. The van der Waals surface area contributed by atoms with Crippen LogP contribution in [0.25, 0.3) is 0 Å². The summed E-state index contributed by atoms with van der Waals surface area (Å²) in [7, 11) is 0. The zero-order valence-corrected chi connectivity index (χ0v) is 7.33. The van der Waals surface area contributed by atoms with Gasteiger partial charge in [0.15, 0.2) is 0 Å². The van der Waals surface area contributed by atoms with Crippen LogP contribution in [-0.2, 0) is 6.42 Å². The topological polar surface area (TPSA) is 44.0 Å². The predicted octanol–water partition coefficient (Wildman–Crippen LogP) is 2.24. The lowest BCUT2D eigenvalue weighted by Crippen LogP contribution is -2.00. The Balaban J connectivity index is 2.11. The lowest BCUT2D eigenvalue weighted by molar-refractivity contribution is 0.475. The summed E-state index contributed by atoms with van der Waals surface area (Å²) >= 11 is 0. The van der Waals surface area contributed by atoms with Gasteiger partial charge in [-0.25, -0.2) is 0 Å². The Labute approximate surface area is 77.4 Å². The Morgan fingerprint density at radius 2 is 1.92 bits per heavy atom. The normalized spacial score (nSPS) is 17.8. The van der Waals surface area contributed by atoms with E-state index >= 15 is 0 Å². The summed E-state index contributed by atoms with van der Waals surface area (Å²) in [5.74, 6) is 0.283.